The van der Waals surface area contributed by atoms with Crippen molar-refractivity contribution in [2.24, 2.45) is 0 Å². The molecule has 41 heavy (non-hydrogen) atoms. The number of nitrogens with zero attached hydrogens (tertiary/aromatic N) is 8. The molecule has 0 aliphatic rings. The second-order valence-corrected chi connectivity index (χ2v) is 9.56. The summed E-state index contributed by atoms with van der Waals surface area (Å²) < 4.78 is 14.2. The zero-order valence-corrected chi connectivity index (χ0v) is 23.0. The molecular weight excluding hydrogens is 518 g/mol. The number of anilines is 2. The van der Waals surface area contributed by atoms with E-state index in [4.69, 9.17) is 20.2 Å². The van der Waals surface area contributed by atoms with Crippen LogP contribution < -0.4 is 20.1 Å². The van der Waals surface area contributed by atoms with Crippen molar-refractivity contribution in [3.63, 3.8) is 0 Å². The average Bonchev–Trinajstić information content (AvgIpc) is 3.66. The summed E-state index contributed by atoms with van der Waals surface area (Å²) in [4.78, 5) is 16.0. The number of hydrogen-bond donors (Lipinski definition) is 1. The van der Waals surface area contributed by atoms with E-state index < -0.39 is 0 Å². The summed E-state index contributed by atoms with van der Waals surface area (Å²) in [5.41, 5.74) is 12.7. The summed E-state index contributed by atoms with van der Waals surface area (Å²) in [6.45, 7) is 3.12. The largest absolute Gasteiger partial charge is 0.497 e. The fourth-order valence-corrected chi connectivity index (χ4v) is 4.69. The molecule has 0 fully saturated rings. The van der Waals surface area contributed by atoms with Crippen molar-refractivity contribution in [1.82, 2.24) is 34.3 Å². The fraction of sp³-hybridized carbons (Fsp3) is 0.167. The first-order chi connectivity index (χ1) is 20.0. The number of methoxy groups -OCH3 is 2. The number of nitrogens with two attached hydrogens (primary N) is 1. The molecule has 6 aromatic rings. The van der Waals surface area contributed by atoms with Gasteiger partial charge in [-0.2, -0.15) is 10.2 Å². The minimum Gasteiger partial charge on any atom is -0.497 e. The highest BCUT2D eigenvalue weighted by molar-refractivity contribution is 5.70. The first-order valence-electron chi connectivity index (χ1n) is 13.0. The van der Waals surface area contributed by atoms with Crippen LogP contribution in [0.5, 0.6) is 11.5 Å². The SMILES string of the molecule is COc1ccc(CN(Cc2ccc(OC)cc2)c2ncnn3c(-c4cnn(-c5cc(N)cnc5C)c4)cnc23)cc1. The molecule has 0 unspecified atom stereocenters. The Morgan fingerprint density at radius 1 is 0.805 bits per heavy atom. The zero-order valence-electron chi connectivity index (χ0n) is 23.0. The molecule has 0 radical (unpaired) electrons. The van der Waals surface area contributed by atoms with E-state index in [0.717, 1.165) is 45.3 Å². The maximum Gasteiger partial charge on any atom is 0.197 e. The van der Waals surface area contributed by atoms with Crippen LogP contribution in [0.2, 0.25) is 0 Å². The molecule has 206 valence electrons. The van der Waals surface area contributed by atoms with Crippen molar-refractivity contribution in [1.29, 1.82) is 0 Å². The predicted octanol–water partition coefficient (Wildman–Crippen LogP) is 4.49. The van der Waals surface area contributed by atoms with Crippen molar-refractivity contribution in [3.8, 4) is 28.4 Å². The number of aryl methyl sites for hydroxylation is 1. The Morgan fingerprint density at radius 2 is 1.46 bits per heavy atom. The molecule has 4 heterocycles. The molecule has 2 N–H and O–H groups in total. The molecule has 0 spiro atoms. The van der Waals surface area contributed by atoms with Crippen molar-refractivity contribution in [3.05, 3.63) is 103 Å². The van der Waals surface area contributed by atoms with E-state index in [-0.39, 0.29) is 0 Å². The zero-order chi connectivity index (χ0) is 28.3. The smallest absolute Gasteiger partial charge is 0.197 e. The molecular formula is C30H29N9O2. The fourth-order valence-electron chi connectivity index (χ4n) is 4.69. The van der Waals surface area contributed by atoms with Gasteiger partial charge in [0, 0.05) is 24.8 Å². The molecule has 0 aliphatic heterocycles. The summed E-state index contributed by atoms with van der Waals surface area (Å²) in [5, 5.41) is 9.10. The number of nitrogen functional groups attached to an aromatic ring is 1. The van der Waals surface area contributed by atoms with Gasteiger partial charge in [0.15, 0.2) is 11.5 Å². The molecule has 0 amide bonds. The average molecular weight is 548 g/mol. The van der Waals surface area contributed by atoms with Gasteiger partial charge in [-0.1, -0.05) is 24.3 Å². The number of fused-ring (bicyclic) bond motifs is 1. The van der Waals surface area contributed by atoms with E-state index in [1.165, 1.54) is 0 Å². The lowest BCUT2D eigenvalue weighted by Gasteiger charge is -2.24. The van der Waals surface area contributed by atoms with Gasteiger partial charge in [0.25, 0.3) is 0 Å². The topological polar surface area (TPSA) is 122 Å². The molecule has 0 atom stereocenters. The first-order valence-corrected chi connectivity index (χ1v) is 13.0. The van der Waals surface area contributed by atoms with Crippen LogP contribution in [0.15, 0.2) is 85.7 Å². The molecule has 2 aromatic carbocycles. The molecule has 0 aliphatic carbocycles. The number of aromatic nitrogens is 7. The molecule has 0 saturated heterocycles. The van der Waals surface area contributed by atoms with Crippen LogP contribution in [0.25, 0.3) is 22.6 Å². The third kappa shape index (κ3) is 5.24. The van der Waals surface area contributed by atoms with Crippen LogP contribution in [-0.2, 0) is 13.1 Å². The molecule has 11 nitrogen and oxygen atoms in total. The Labute approximate surface area is 236 Å². The van der Waals surface area contributed by atoms with E-state index >= 15 is 0 Å². The number of ether oxygens (including phenoxy) is 2. The Balaban J connectivity index is 1.38. The van der Waals surface area contributed by atoms with Gasteiger partial charge in [-0.05, 0) is 48.4 Å². The minimum atomic E-state index is 0.573. The van der Waals surface area contributed by atoms with Crippen LogP contribution in [0.1, 0.15) is 16.8 Å². The Kier molecular flexibility index (Phi) is 6.90. The number of rotatable bonds is 9. The third-order valence-corrected chi connectivity index (χ3v) is 6.86. The van der Waals surface area contributed by atoms with Crippen LogP contribution in [0.4, 0.5) is 11.5 Å². The lowest BCUT2D eigenvalue weighted by atomic mass is 10.1. The molecule has 4 aromatic heterocycles. The van der Waals surface area contributed by atoms with Gasteiger partial charge in [0.05, 0.1) is 55.6 Å². The first kappa shape index (κ1) is 25.8. The van der Waals surface area contributed by atoms with E-state index in [0.29, 0.717) is 30.2 Å². The van der Waals surface area contributed by atoms with Crippen LogP contribution >= 0.6 is 0 Å². The van der Waals surface area contributed by atoms with E-state index in [2.05, 4.69) is 49.3 Å². The maximum absolute atomic E-state index is 5.97. The lowest BCUT2D eigenvalue weighted by Crippen LogP contribution is -2.24. The number of hydrogen-bond acceptors (Lipinski definition) is 9. The van der Waals surface area contributed by atoms with Gasteiger partial charge in [0.1, 0.15) is 17.8 Å². The highest BCUT2D eigenvalue weighted by atomic mass is 16.5. The number of benzene rings is 2. The molecule has 0 saturated carbocycles. The Bertz CT molecular complexity index is 1740. The van der Waals surface area contributed by atoms with Crippen LogP contribution in [0, 0.1) is 6.92 Å². The van der Waals surface area contributed by atoms with Crippen LogP contribution in [-0.4, -0.2) is 48.6 Å². The predicted molar refractivity (Wildman–Crippen MR) is 156 cm³/mol. The highest BCUT2D eigenvalue weighted by Crippen LogP contribution is 2.28. The number of imidazole rings is 1. The summed E-state index contributed by atoms with van der Waals surface area (Å²) in [6, 6.07) is 17.9. The minimum absolute atomic E-state index is 0.573. The normalized spacial score (nSPS) is 11.1. The molecule has 6 rings (SSSR count). The van der Waals surface area contributed by atoms with Crippen LogP contribution in [0.3, 0.4) is 0 Å². The number of pyridine rings is 1. The van der Waals surface area contributed by atoms with Crippen molar-refractivity contribution in [2.75, 3.05) is 24.9 Å². The second-order valence-electron chi connectivity index (χ2n) is 9.56. The summed E-state index contributed by atoms with van der Waals surface area (Å²) >= 11 is 0. The standard InChI is InChI=1S/C30H29N9O2/c1-20-27(12-24(31)14-32-20)38-18-23(13-35-38)28-15-33-30-29(34-19-36-39(28)30)37(16-21-4-8-25(40-2)9-5-21)17-22-6-10-26(41-3)11-7-22/h4-15,18-19H,16-17,31H2,1-3H3. The lowest BCUT2D eigenvalue weighted by molar-refractivity contribution is 0.414. The molecule has 11 heteroatoms. The van der Waals surface area contributed by atoms with Gasteiger partial charge in [0.2, 0.25) is 0 Å². The summed E-state index contributed by atoms with van der Waals surface area (Å²) in [7, 11) is 3.32. The van der Waals surface area contributed by atoms with E-state index in [1.54, 1.807) is 48.3 Å². The van der Waals surface area contributed by atoms with Crippen molar-refractivity contribution in [2.45, 2.75) is 20.0 Å². The van der Waals surface area contributed by atoms with Gasteiger partial charge in [-0.15, -0.1) is 0 Å². The highest BCUT2D eigenvalue weighted by Gasteiger charge is 2.19. The second kappa shape index (κ2) is 11.0. The van der Waals surface area contributed by atoms with Gasteiger partial charge < -0.3 is 20.1 Å². The van der Waals surface area contributed by atoms with E-state index in [9.17, 15) is 0 Å². The monoisotopic (exact) mass is 547 g/mol. The van der Waals surface area contributed by atoms with Crippen molar-refractivity contribution >= 4 is 17.2 Å². The van der Waals surface area contributed by atoms with Crippen molar-refractivity contribution < 1.29 is 9.47 Å². The third-order valence-electron chi connectivity index (χ3n) is 6.86. The Hall–Kier alpha value is -5.45. The van der Waals surface area contributed by atoms with Gasteiger partial charge in [-0.25, -0.2) is 19.2 Å². The summed E-state index contributed by atoms with van der Waals surface area (Å²) in [5.74, 6) is 2.33. The van der Waals surface area contributed by atoms with Gasteiger partial charge >= 0.3 is 0 Å². The maximum atomic E-state index is 5.97. The Morgan fingerprint density at radius 3 is 2.10 bits per heavy atom. The summed E-state index contributed by atoms with van der Waals surface area (Å²) in [6.07, 6.45) is 8.68. The van der Waals surface area contributed by atoms with E-state index in [1.807, 2.05) is 43.5 Å². The van der Waals surface area contributed by atoms with Gasteiger partial charge in [-0.3, -0.25) is 4.98 Å². The molecule has 0 bridgehead atoms. The quantitative estimate of drug-likeness (QED) is 0.279.